The van der Waals surface area contributed by atoms with Crippen molar-refractivity contribution in [3.05, 3.63) is 17.0 Å². The highest BCUT2D eigenvalue weighted by molar-refractivity contribution is 6.30. The Labute approximate surface area is 122 Å². The molecule has 1 N–H and O–H groups in total. The molecule has 108 valence electrons. The van der Waals surface area contributed by atoms with E-state index in [1.54, 1.807) is 11.6 Å². The number of carbonyl (C=O) groups excluding carboxylic acids is 1. The van der Waals surface area contributed by atoms with Crippen LogP contribution < -0.4 is 10.2 Å². The number of fused-ring (bicyclic) bond motifs is 1. The van der Waals surface area contributed by atoms with Crippen molar-refractivity contribution in [1.29, 1.82) is 0 Å². The average molecular weight is 297 g/mol. The van der Waals surface area contributed by atoms with Gasteiger partial charge in [0.2, 0.25) is 5.91 Å². The molecule has 0 aromatic carbocycles. The summed E-state index contributed by atoms with van der Waals surface area (Å²) in [4.78, 5) is 21.8. The molecule has 0 saturated heterocycles. The molecule has 0 aliphatic carbocycles. The fourth-order valence-electron chi connectivity index (χ4n) is 2.16. The minimum atomic E-state index is -0.157. The zero-order chi connectivity index (χ0) is 14.9. The fourth-order valence-corrected chi connectivity index (χ4v) is 2.32. The third-order valence-corrected chi connectivity index (χ3v) is 3.54. The Morgan fingerprint density at radius 3 is 2.95 bits per heavy atom. The molecule has 0 aliphatic heterocycles. The first-order valence-corrected chi connectivity index (χ1v) is 6.62. The number of hydrogen-bond donors (Lipinski definition) is 1. The number of nitrogens with one attached hydrogen (secondary N) is 1. The van der Waals surface area contributed by atoms with Gasteiger partial charge in [-0.1, -0.05) is 18.5 Å². The lowest BCUT2D eigenvalue weighted by Crippen LogP contribution is -2.35. The number of amides is 1. The highest BCUT2D eigenvalue weighted by atomic mass is 35.5. The maximum Gasteiger partial charge on any atom is 0.255 e. The van der Waals surface area contributed by atoms with Crippen LogP contribution in [0.15, 0.2) is 6.33 Å². The highest BCUT2D eigenvalue weighted by Gasteiger charge is 2.19. The van der Waals surface area contributed by atoms with E-state index in [0.717, 1.165) is 11.4 Å². The third-order valence-electron chi connectivity index (χ3n) is 3.18. The quantitative estimate of drug-likeness (QED) is 0.849. The summed E-state index contributed by atoms with van der Waals surface area (Å²) in [6.07, 6.45) is 1.43. The van der Waals surface area contributed by atoms with Gasteiger partial charge in [0.15, 0.2) is 0 Å². The van der Waals surface area contributed by atoms with Crippen LogP contribution in [0.4, 0.5) is 5.82 Å². The van der Waals surface area contributed by atoms with Gasteiger partial charge in [-0.3, -0.25) is 4.79 Å². The monoisotopic (exact) mass is 296 g/mol. The van der Waals surface area contributed by atoms with Gasteiger partial charge in [-0.25, -0.2) is 0 Å². The van der Waals surface area contributed by atoms with E-state index in [-0.39, 0.29) is 11.8 Å². The SMILES string of the molecule is CNC(=O)C(C)CN(C)c1c(C)c(Cl)nc2ncnn12. The molecular weight excluding hydrogens is 280 g/mol. The first-order chi connectivity index (χ1) is 9.45. The number of halogens is 1. The summed E-state index contributed by atoms with van der Waals surface area (Å²) < 4.78 is 1.62. The van der Waals surface area contributed by atoms with E-state index in [4.69, 9.17) is 11.6 Å². The molecule has 0 saturated carbocycles. The molecule has 1 amide bonds. The van der Waals surface area contributed by atoms with Crippen molar-refractivity contribution in [3.63, 3.8) is 0 Å². The van der Waals surface area contributed by atoms with Gasteiger partial charge in [0.1, 0.15) is 17.3 Å². The van der Waals surface area contributed by atoms with E-state index in [9.17, 15) is 4.79 Å². The molecule has 2 rings (SSSR count). The number of anilines is 1. The molecule has 0 aliphatic rings. The summed E-state index contributed by atoms with van der Waals surface area (Å²) in [7, 11) is 3.52. The summed E-state index contributed by atoms with van der Waals surface area (Å²) >= 11 is 6.12. The normalized spacial score (nSPS) is 12.4. The van der Waals surface area contributed by atoms with Crippen LogP contribution in [0, 0.1) is 12.8 Å². The van der Waals surface area contributed by atoms with Gasteiger partial charge in [0.25, 0.3) is 5.78 Å². The number of nitrogens with zero attached hydrogens (tertiary/aromatic N) is 5. The Morgan fingerprint density at radius 1 is 1.60 bits per heavy atom. The van der Waals surface area contributed by atoms with Gasteiger partial charge in [0, 0.05) is 26.2 Å². The van der Waals surface area contributed by atoms with Crippen LogP contribution in [-0.4, -0.2) is 46.1 Å². The van der Waals surface area contributed by atoms with Crippen molar-refractivity contribution in [3.8, 4) is 0 Å². The Morgan fingerprint density at radius 2 is 2.30 bits per heavy atom. The van der Waals surface area contributed by atoms with Gasteiger partial charge >= 0.3 is 0 Å². The summed E-state index contributed by atoms with van der Waals surface area (Å²) in [6, 6.07) is 0. The Balaban J connectivity index is 2.38. The molecule has 1 unspecified atom stereocenters. The summed E-state index contributed by atoms with van der Waals surface area (Å²) in [5.41, 5.74) is 0.802. The van der Waals surface area contributed by atoms with Crippen LogP contribution in [0.1, 0.15) is 12.5 Å². The van der Waals surface area contributed by atoms with Crippen LogP contribution in [0.3, 0.4) is 0 Å². The molecule has 2 heterocycles. The third kappa shape index (κ3) is 2.53. The van der Waals surface area contributed by atoms with Crippen LogP contribution >= 0.6 is 11.6 Å². The van der Waals surface area contributed by atoms with E-state index in [2.05, 4.69) is 20.4 Å². The number of rotatable bonds is 4. The van der Waals surface area contributed by atoms with Crippen molar-refractivity contribution in [2.45, 2.75) is 13.8 Å². The lowest BCUT2D eigenvalue weighted by atomic mass is 10.1. The van der Waals surface area contributed by atoms with E-state index in [1.807, 2.05) is 25.8 Å². The molecule has 2 aromatic rings. The molecule has 20 heavy (non-hydrogen) atoms. The second-order valence-electron chi connectivity index (χ2n) is 4.72. The van der Waals surface area contributed by atoms with Gasteiger partial charge < -0.3 is 10.2 Å². The lowest BCUT2D eigenvalue weighted by Gasteiger charge is -2.24. The standard InChI is InChI=1S/C12H17ClN6O/c1-7(10(20)14-3)5-18(4)11-8(2)9(13)17-12-15-6-16-19(11)12/h6-7H,5H2,1-4H3,(H,14,20). The van der Waals surface area contributed by atoms with Crippen molar-refractivity contribution >= 4 is 29.1 Å². The zero-order valence-corrected chi connectivity index (χ0v) is 12.6. The molecule has 0 fully saturated rings. The van der Waals surface area contributed by atoms with E-state index < -0.39 is 0 Å². The van der Waals surface area contributed by atoms with Gasteiger partial charge in [-0.05, 0) is 6.92 Å². The van der Waals surface area contributed by atoms with Crippen LogP contribution in [0.5, 0.6) is 0 Å². The van der Waals surface area contributed by atoms with Crippen LogP contribution in [0.2, 0.25) is 5.15 Å². The molecular formula is C12H17ClN6O. The molecule has 2 aromatic heterocycles. The van der Waals surface area contributed by atoms with Gasteiger partial charge in [-0.15, -0.1) is 0 Å². The average Bonchev–Trinajstić information content (AvgIpc) is 2.86. The second kappa shape index (κ2) is 5.62. The first kappa shape index (κ1) is 14.5. The highest BCUT2D eigenvalue weighted by Crippen LogP contribution is 2.25. The fraction of sp³-hybridized carbons (Fsp3) is 0.500. The second-order valence-corrected chi connectivity index (χ2v) is 5.08. The van der Waals surface area contributed by atoms with Crippen molar-refractivity contribution < 1.29 is 4.79 Å². The Kier molecular flexibility index (Phi) is 4.08. The van der Waals surface area contributed by atoms with Crippen LogP contribution in [0.25, 0.3) is 5.78 Å². The van der Waals surface area contributed by atoms with Gasteiger partial charge in [0.05, 0.1) is 5.92 Å². The summed E-state index contributed by atoms with van der Waals surface area (Å²) in [5.74, 6) is 1.06. The molecule has 0 spiro atoms. The first-order valence-electron chi connectivity index (χ1n) is 6.24. The zero-order valence-electron chi connectivity index (χ0n) is 11.9. The summed E-state index contributed by atoms with van der Waals surface area (Å²) in [6.45, 7) is 4.27. The van der Waals surface area contributed by atoms with Crippen molar-refractivity contribution in [2.24, 2.45) is 5.92 Å². The molecule has 0 bridgehead atoms. The smallest absolute Gasteiger partial charge is 0.255 e. The number of hydrogen-bond acceptors (Lipinski definition) is 5. The topological polar surface area (TPSA) is 75.4 Å². The van der Waals surface area contributed by atoms with Crippen LogP contribution in [-0.2, 0) is 4.79 Å². The van der Waals surface area contributed by atoms with Gasteiger partial charge in [-0.2, -0.15) is 19.6 Å². The number of aromatic nitrogens is 4. The predicted octanol–water partition coefficient (Wildman–Crippen LogP) is 0.904. The van der Waals surface area contributed by atoms with Crippen molar-refractivity contribution in [2.75, 3.05) is 25.5 Å². The molecule has 1 atom stereocenters. The number of carbonyl (C=O) groups is 1. The lowest BCUT2D eigenvalue weighted by molar-refractivity contribution is -0.123. The van der Waals surface area contributed by atoms with E-state index >= 15 is 0 Å². The Bertz CT molecular complexity index is 640. The minimum Gasteiger partial charge on any atom is -0.359 e. The maximum absolute atomic E-state index is 11.6. The predicted molar refractivity (Wildman–Crippen MR) is 77.0 cm³/mol. The molecule has 7 nitrogen and oxygen atoms in total. The summed E-state index contributed by atoms with van der Waals surface area (Å²) in [5, 5.41) is 7.19. The van der Waals surface area contributed by atoms with Crippen molar-refractivity contribution in [1.82, 2.24) is 24.9 Å². The minimum absolute atomic E-state index is 0.00973. The Hall–Kier alpha value is -1.89. The largest absolute Gasteiger partial charge is 0.359 e. The van der Waals surface area contributed by atoms with E-state index in [1.165, 1.54) is 6.33 Å². The van der Waals surface area contributed by atoms with E-state index in [0.29, 0.717) is 17.5 Å². The molecule has 8 heteroatoms. The molecule has 0 radical (unpaired) electrons. The maximum atomic E-state index is 11.6.